The molecule has 2 N–H and O–H groups in total. The lowest BCUT2D eigenvalue weighted by atomic mass is 9.81. The lowest BCUT2D eigenvalue weighted by Gasteiger charge is -2.33. The third kappa shape index (κ3) is 6.76. The zero-order chi connectivity index (χ0) is 32.9. The van der Waals surface area contributed by atoms with Crippen LogP contribution in [-0.4, -0.2) is 81.7 Å². The molecule has 3 atom stereocenters. The molecule has 3 aromatic heterocycles. The predicted octanol–water partition coefficient (Wildman–Crippen LogP) is 3.98. The molecule has 2 amide bonds. The Kier molecular flexibility index (Phi) is 8.29. The molecule has 2 saturated carbocycles. The third-order valence-corrected chi connectivity index (χ3v) is 9.77. The van der Waals surface area contributed by atoms with Crippen LogP contribution < -0.4 is 15.5 Å². The van der Waals surface area contributed by atoms with Crippen LogP contribution in [0.25, 0.3) is 5.65 Å². The van der Waals surface area contributed by atoms with Crippen molar-refractivity contribution < 1.29 is 40.9 Å². The maximum Gasteiger partial charge on any atom is 0.393 e. The monoisotopic (exact) mass is 666 g/mol. The number of amides is 2. The van der Waals surface area contributed by atoms with Gasteiger partial charge in [-0.15, -0.1) is 0 Å². The van der Waals surface area contributed by atoms with Gasteiger partial charge < -0.3 is 20.3 Å². The summed E-state index contributed by atoms with van der Waals surface area (Å²) in [6, 6.07) is 0.996. The van der Waals surface area contributed by atoms with Crippen molar-refractivity contribution in [3.8, 4) is 0 Å². The Morgan fingerprint density at radius 3 is 2.57 bits per heavy atom. The normalized spacial score (nSPS) is 24.7. The summed E-state index contributed by atoms with van der Waals surface area (Å²) < 4.78 is 80.9. The number of fused-ring (bicyclic) bond motifs is 1. The van der Waals surface area contributed by atoms with Crippen LogP contribution >= 0.6 is 0 Å². The molecule has 5 heterocycles. The second kappa shape index (κ2) is 12.3. The first-order valence-electron chi connectivity index (χ1n) is 16.0. The molecular weight excluding hydrogens is 631 g/mol. The van der Waals surface area contributed by atoms with E-state index in [1.807, 2.05) is 4.90 Å². The van der Waals surface area contributed by atoms with Gasteiger partial charge in [-0.05, 0) is 43.2 Å². The van der Waals surface area contributed by atoms with Crippen molar-refractivity contribution >= 4 is 23.1 Å². The fraction of sp³-hybridized carbons (Fsp3) is 0.667. The molecule has 2 aliphatic heterocycles. The summed E-state index contributed by atoms with van der Waals surface area (Å²) in [5.74, 6) is -6.68. The Morgan fingerprint density at radius 1 is 1.13 bits per heavy atom. The number of halogens is 5. The zero-order valence-corrected chi connectivity index (χ0v) is 25.4. The second-order valence-corrected chi connectivity index (χ2v) is 13.1. The highest BCUT2D eigenvalue weighted by atomic mass is 19.4. The number of anilines is 1. The van der Waals surface area contributed by atoms with E-state index in [9.17, 15) is 31.5 Å². The van der Waals surface area contributed by atoms with Gasteiger partial charge in [0.25, 0.3) is 5.91 Å². The number of alkyl halides is 5. The van der Waals surface area contributed by atoms with Gasteiger partial charge in [-0.2, -0.15) is 18.3 Å². The lowest BCUT2D eigenvalue weighted by Crippen LogP contribution is -2.47. The SMILES string of the molecule is O=C(N[C@H](c1cn2nc(C[C@H]3C[C@@H](C(F)(F)F)CNC3=O)c(N3CCOCC3)cc2n1)C1CCC(F)(F)CC1)c1nonc1C1CC1. The Labute approximate surface area is 265 Å². The highest BCUT2D eigenvalue weighted by molar-refractivity contribution is 5.93. The highest BCUT2D eigenvalue weighted by Gasteiger charge is 2.45. The fourth-order valence-electron chi connectivity index (χ4n) is 6.92. The minimum Gasteiger partial charge on any atom is -0.378 e. The highest BCUT2D eigenvalue weighted by Crippen LogP contribution is 2.43. The standard InChI is InChI=1S/C30H35F5N8O4/c31-29(32)5-3-17(4-6-29)24(38-28(45)26-25(16-1-2-16)40-47-41-26)21-15-43-23(37-21)13-22(42-7-9-46-10-8-42)20(39-43)12-18-11-19(30(33,34)35)14-36-27(18)44/h13,15-19,24H,1-12,14H2,(H,36,44)(H,38,45)/t18-,19-,24+/m1/s1. The van der Waals surface area contributed by atoms with Crippen LogP contribution in [0.5, 0.6) is 0 Å². The van der Waals surface area contributed by atoms with E-state index < -0.39 is 48.3 Å². The lowest BCUT2D eigenvalue weighted by molar-refractivity contribution is -0.183. The number of carbonyl (C=O) groups excluding carboxylic acids is 2. The fourth-order valence-corrected chi connectivity index (χ4v) is 6.92. The van der Waals surface area contributed by atoms with Crippen molar-refractivity contribution in [3.05, 3.63) is 35.0 Å². The van der Waals surface area contributed by atoms with E-state index in [1.54, 1.807) is 12.3 Å². The summed E-state index contributed by atoms with van der Waals surface area (Å²) in [7, 11) is 0. The van der Waals surface area contributed by atoms with E-state index in [0.29, 0.717) is 54.7 Å². The molecule has 254 valence electrons. The number of hydrogen-bond acceptors (Lipinski definition) is 9. The quantitative estimate of drug-likeness (QED) is 0.342. The number of ether oxygens (including phenoxy) is 1. The van der Waals surface area contributed by atoms with Gasteiger partial charge in [-0.1, -0.05) is 5.16 Å². The van der Waals surface area contributed by atoms with E-state index in [1.165, 1.54) is 4.52 Å². The average molecular weight is 667 g/mol. The summed E-state index contributed by atoms with van der Waals surface area (Å²) in [6.45, 7) is 1.42. The van der Waals surface area contributed by atoms with Crippen LogP contribution in [0, 0.1) is 17.8 Å². The van der Waals surface area contributed by atoms with Gasteiger partial charge >= 0.3 is 6.18 Å². The predicted molar refractivity (Wildman–Crippen MR) is 154 cm³/mol. The number of rotatable bonds is 8. The van der Waals surface area contributed by atoms with Gasteiger partial charge in [0.1, 0.15) is 5.69 Å². The first-order chi connectivity index (χ1) is 22.4. The van der Waals surface area contributed by atoms with E-state index in [-0.39, 0.29) is 56.1 Å². The summed E-state index contributed by atoms with van der Waals surface area (Å²) >= 11 is 0. The number of nitrogens with one attached hydrogen (secondary N) is 2. The van der Waals surface area contributed by atoms with Gasteiger partial charge in [0.2, 0.25) is 11.8 Å². The molecule has 47 heavy (non-hydrogen) atoms. The van der Waals surface area contributed by atoms with Crippen molar-refractivity contribution in [2.24, 2.45) is 17.8 Å². The van der Waals surface area contributed by atoms with Crippen LogP contribution in [0.15, 0.2) is 16.9 Å². The molecule has 0 bridgehead atoms. The molecule has 4 fully saturated rings. The molecular formula is C30H35F5N8O4. The minimum atomic E-state index is -4.44. The molecule has 2 saturated heterocycles. The minimum absolute atomic E-state index is 0.0322. The van der Waals surface area contributed by atoms with E-state index in [2.05, 4.69) is 20.9 Å². The van der Waals surface area contributed by atoms with E-state index in [0.717, 1.165) is 12.8 Å². The van der Waals surface area contributed by atoms with E-state index in [4.69, 9.17) is 19.4 Å². The second-order valence-electron chi connectivity index (χ2n) is 13.1. The summed E-state index contributed by atoms with van der Waals surface area (Å²) in [6.07, 6.45) is -1.88. The van der Waals surface area contributed by atoms with Crippen molar-refractivity contribution in [2.75, 3.05) is 37.7 Å². The number of morpholine rings is 1. The smallest absolute Gasteiger partial charge is 0.378 e. The Hall–Kier alpha value is -3.89. The summed E-state index contributed by atoms with van der Waals surface area (Å²) in [5.41, 5.74) is 2.36. The molecule has 0 aromatic carbocycles. The van der Waals surface area contributed by atoms with Crippen molar-refractivity contribution in [3.63, 3.8) is 0 Å². The number of nitrogens with zero attached hydrogens (tertiary/aromatic N) is 6. The van der Waals surface area contributed by atoms with Gasteiger partial charge in [-0.25, -0.2) is 22.9 Å². The number of carbonyl (C=O) groups is 2. The van der Waals surface area contributed by atoms with Gasteiger partial charge in [0.15, 0.2) is 11.3 Å². The third-order valence-electron chi connectivity index (χ3n) is 9.77. The van der Waals surface area contributed by atoms with Crippen LogP contribution in [0.4, 0.5) is 27.6 Å². The molecule has 0 unspecified atom stereocenters. The van der Waals surface area contributed by atoms with Crippen molar-refractivity contribution in [1.82, 2.24) is 35.5 Å². The molecule has 3 aromatic rings. The zero-order valence-electron chi connectivity index (χ0n) is 25.4. The van der Waals surface area contributed by atoms with Crippen LogP contribution in [0.2, 0.25) is 0 Å². The Balaban J connectivity index is 1.23. The van der Waals surface area contributed by atoms with E-state index >= 15 is 0 Å². The molecule has 4 aliphatic rings. The summed E-state index contributed by atoms with van der Waals surface area (Å²) in [4.78, 5) is 33.0. The molecule has 12 nitrogen and oxygen atoms in total. The maximum atomic E-state index is 14.2. The van der Waals surface area contributed by atoms with Crippen molar-refractivity contribution in [1.29, 1.82) is 0 Å². The molecule has 7 rings (SSSR count). The summed E-state index contributed by atoms with van der Waals surface area (Å²) in [5, 5.41) is 17.8. The van der Waals surface area contributed by atoms with Gasteiger partial charge in [-0.3, -0.25) is 9.59 Å². The van der Waals surface area contributed by atoms with Crippen molar-refractivity contribution in [2.45, 2.75) is 75.4 Å². The number of piperidine rings is 1. The van der Waals surface area contributed by atoms with Gasteiger partial charge in [0.05, 0.1) is 48.4 Å². The first-order valence-corrected chi connectivity index (χ1v) is 16.0. The molecule has 0 spiro atoms. The molecule has 2 aliphatic carbocycles. The first kappa shape index (κ1) is 31.7. The maximum absolute atomic E-state index is 14.2. The van der Waals surface area contributed by atoms with Crippen LogP contribution in [-0.2, 0) is 16.0 Å². The van der Waals surface area contributed by atoms with Crippen LogP contribution in [0.3, 0.4) is 0 Å². The largest absolute Gasteiger partial charge is 0.393 e. The Morgan fingerprint density at radius 2 is 1.87 bits per heavy atom. The van der Waals surface area contributed by atoms with Crippen LogP contribution in [0.1, 0.15) is 84.5 Å². The molecule has 17 heteroatoms. The topological polar surface area (TPSA) is 140 Å². The number of hydrogen-bond donors (Lipinski definition) is 2. The molecule has 0 radical (unpaired) electrons. The average Bonchev–Trinajstić information content (AvgIpc) is 3.61. The number of aromatic nitrogens is 5. The Bertz CT molecular complexity index is 1620. The van der Waals surface area contributed by atoms with Gasteiger partial charge in [0, 0.05) is 56.8 Å². The number of imidazole rings is 1.